The standard InChI is InChI=1S/C12H16O2.C10H13NO2.2C7H16.C7H14.C6H13Cl.C6H13F.C5H12/c1-12(2,3)10-7-5-9(6-8-10)11(13)14-4;1-10(2,3)8-4-6-9(7-5-8)11(12)13;1-6(2)7(3,4)5;2*1-5-6-7(2,3)4;2*1-6(2,3)4-5-7;1-5(2,3)4/h5-8H,1-4H3;4-7H,1-3H3;6H,1-5H3;5-6H2,1-4H3;5H,1,6H2,2-4H3;2*4-5H2,1-3H3;1-4H3. The zero-order valence-corrected chi connectivity index (χ0v) is 50.5. The van der Waals surface area contributed by atoms with Crippen LogP contribution in [0.3, 0.4) is 0 Å². The number of halogens is 2. The number of esters is 1. The maximum absolute atomic E-state index is 11.5. The first-order valence-corrected chi connectivity index (χ1v) is 25.2. The molecule has 0 unspecified atom stereocenters. The number of non-ortho nitro benzene ring substituents is 1. The molecule has 0 saturated heterocycles. The monoisotopic (exact) mass is 966 g/mol. The number of allylic oxidation sites excluding steroid dienone is 1. The minimum absolute atomic E-state index is 0.0507. The molecule has 0 saturated carbocycles. The fourth-order valence-corrected chi connectivity index (χ4v) is 4.62. The molecule has 0 atom stereocenters. The number of benzene rings is 2. The molecule has 0 N–H and O–H groups in total. The van der Waals surface area contributed by atoms with E-state index in [4.69, 9.17) is 11.6 Å². The van der Waals surface area contributed by atoms with Crippen LogP contribution < -0.4 is 0 Å². The molecule has 2 aromatic carbocycles. The van der Waals surface area contributed by atoms with Crippen molar-refractivity contribution in [3.8, 4) is 0 Å². The second kappa shape index (κ2) is 35.4. The van der Waals surface area contributed by atoms with Crippen LogP contribution in [-0.4, -0.2) is 30.6 Å². The summed E-state index contributed by atoms with van der Waals surface area (Å²) in [5.74, 6) is 1.29. The van der Waals surface area contributed by atoms with E-state index in [1.54, 1.807) is 36.4 Å². The number of nitro benzene ring substituents is 1. The Kier molecular flexibility index (Phi) is 40.0. The van der Waals surface area contributed by atoms with Crippen molar-refractivity contribution in [1.82, 2.24) is 0 Å². The van der Waals surface area contributed by atoms with Crippen LogP contribution in [0.1, 0.15) is 247 Å². The lowest BCUT2D eigenvalue weighted by atomic mass is 9.84. The Hall–Kier alpha value is -2.73. The van der Waals surface area contributed by atoms with E-state index in [0.717, 1.165) is 30.2 Å². The van der Waals surface area contributed by atoms with E-state index in [2.05, 4.69) is 184 Å². The van der Waals surface area contributed by atoms with Gasteiger partial charge in [0.1, 0.15) is 0 Å². The quantitative estimate of drug-likeness (QED) is 0.0951. The molecule has 0 aromatic heterocycles. The number of carbonyl (C=O) groups is 1. The number of ether oxygens (including phenoxy) is 1. The van der Waals surface area contributed by atoms with Gasteiger partial charge < -0.3 is 4.74 Å². The summed E-state index contributed by atoms with van der Waals surface area (Å²) in [4.78, 5) is 21.1. The summed E-state index contributed by atoms with van der Waals surface area (Å²) in [6.07, 6.45) is 7.49. The molecule has 0 aliphatic carbocycles. The molecule has 2 aromatic rings. The lowest BCUT2D eigenvalue weighted by Crippen LogP contribution is -2.12. The second-order valence-electron chi connectivity index (χ2n) is 27.3. The number of alkyl halides is 2. The number of methoxy groups -OCH3 is 1. The van der Waals surface area contributed by atoms with Crippen molar-refractivity contribution in [3.63, 3.8) is 0 Å². The number of rotatable bonds is 6. The number of hydrogen-bond donors (Lipinski definition) is 0. The molecule has 0 spiro atoms. The lowest BCUT2D eigenvalue weighted by molar-refractivity contribution is -0.384. The van der Waals surface area contributed by atoms with Gasteiger partial charge in [-0.3, -0.25) is 14.5 Å². The number of carbonyl (C=O) groups excluding carboxylic acids is 1. The minimum atomic E-state index is -0.383. The van der Waals surface area contributed by atoms with Crippen molar-refractivity contribution in [2.45, 2.75) is 237 Å². The van der Waals surface area contributed by atoms with Crippen LogP contribution in [0.4, 0.5) is 10.1 Å². The molecule has 67 heavy (non-hydrogen) atoms. The lowest BCUT2D eigenvalue weighted by Gasteiger charge is -2.22. The summed E-state index contributed by atoms with van der Waals surface area (Å²) in [7, 11) is 1.39. The summed E-state index contributed by atoms with van der Waals surface area (Å²) < 4.78 is 16.1. The Morgan fingerprint density at radius 3 is 1.07 bits per heavy atom. The van der Waals surface area contributed by atoms with E-state index in [1.165, 1.54) is 25.5 Å². The topological polar surface area (TPSA) is 69.4 Å². The van der Waals surface area contributed by atoms with Crippen LogP contribution in [0.2, 0.25) is 0 Å². The summed E-state index contributed by atoms with van der Waals surface area (Å²) in [5.41, 5.74) is 5.81. The highest BCUT2D eigenvalue weighted by Gasteiger charge is 2.16. The summed E-state index contributed by atoms with van der Waals surface area (Å²) in [5, 5.41) is 10.4. The van der Waals surface area contributed by atoms with Gasteiger partial charge in [-0.15, -0.1) is 18.2 Å². The largest absolute Gasteiger partial charge is 0.465 e. The molecule has 0 radical (unpaired) electrons. The molecule has 0 fully saturated rings. The van der Waals surface area contributed by atoms with Crippen LogP contribution >= 0.6 is 11.6 Å². The molecule has 5 nitrogen and oxygen atoms in total. The fourth-order valence-electron chi connectivity index (χ4n) is 4.06. The van der Waals surface area contributed by atoms with Crippen LogP contribution in [0.15, 0.2) is 61.2 Å². The van der Waals surface area contributed by atoms with Crippen LogP contribution in [0.5, 0.6) is 0 Å². The second-order valence-corrected chi connectivity index (χ2v) is 27.6. The van der Waals surface area contributed by atoms with E-state index in [-0.39, 0.29) is 39.5 Å². The first-order chi connectivity index (χ1) is 29.5. The van der Waals surface area contributed by atoms with Crippen molar-refractivity contribution < 1.29 is 18.8 Å². The van der Waals surface area contributed by atoms with E-state index in [9.17, 15) is 19.3 Å². The van der Waals surface area contributed by atoms with Crippen LogP contribution in [0.25, 0.3) is 0 Å². The predicted molar refractivity (Wildman–Crippen MR) is 301 cm³/mol. The van der Waals surface area contributed by atoms with Gasteiger partial charge in [-0.2, -0.15) is 0 Å². The zero-order valence-electron chi connectivity index (χ0n) is 49.8. The Labute approximate surface area is 423 Å². The maximum Gasteiger partial charge on any atom is 0.337 e. The highest BCUT2D eigenvalue weighted by molar-refractivity contribution is 6.17. The van der Waals surface area contributed by atoms with Crippen molar-refractivity contribution in [2.75, 3.05) is 19.7 Å². The molecule has 7 heteroatoms. The zero-order chi connectivity index (χ0) is 55.1. The van der Waals surface area contributed by atoms with Gasteiger partial charge in [0.25, 0.3) is 5.69 Å². The van der Waals surface area contributed by atoms with Crippen LogP contribution in [-0.2, 0) is 15.6 Å². The van der Waals surface area contributed by atoms with Gasteiger partial charge in [-0.1, -0.05) is 231 Å². The van der Waals surface area contributed by atoms with Crippen molar-refractivity contribution in [1.29, 1.82) is 0 Å². The number of nitro groups is 1. The summed E-state index contributed by atoms with van der Waals surface area (Å²) in [6, 6.07) is 14.2. The normalized spacial score (nSPS) is 11.7. The van der Waals surface area contributed by atoms with Crippen molar-refractivity contribution >= 4 is 23.3 Å². The molecule has 2 rings (SSSR count). The SMILES string of the molecule is C=CCC(C)(C)C.CC(C)(C)C.CC(C)(C)CCCl.CC(C)(C)CCF.CC(C)(C)c1ccc([N+](=O)[O-])cc1.CC(C)C(C)(C)C.CCCC(C)(C)C.COC(=O)c1ccc(C(C)(C)C)cc1. The number of nitrogens with zero attached hydrogens (tertiary/aromatic N) is 1. The molecule has 0 aliphatic heterocycles. The highest BCUT2D eigenvalue weighted by atomic mass is 35.5. The average molecular weight is 967 g/mol. The molecule has 0 aliphatic rings. The van der Waals surface area contributed by atoms with Gasteiger partial charge in [-0.25, -0.2) is 4.79 Å². The van der Waals surface area contributed by atoms with Gasteiger partial charge in [0, 0.05) is 18.0 Å². The van der Waals surface area contributed by atoms with Crippen molar-refractivity contribution in [2.24, 2.45) is 38.4 Å². The first-order valence-electron chi connectivity index (χ1n) is 24.7. The molecule has 0 amide bonds. The van der Waals surface area contributed by atoms with Gasteiger partial charge >= 0.3 is 5.97 Å². The fraction of sp³-hybridized carbons (Fsp3) is 0.750. The molecular formula is C60H113ClFNO4. The third-order valence-electron chi connectivity index (χ3n) is 9.29. The number of hydrogen-bond acceptors (Lipinski definition) is 4. The van der Waals surface area contributed by atoms with Crippen LogP contribution in [0, 0.1) is 48.5 Å². The molecule has 0 bridgehead atoms. The third-order valence-corrected chi connectivity index (χ3v) is 9.48. The first kappa shape index (κ1) is 75.8. The van der Waals surface area contributed by atoms with Gasteiger partial charge in [0.15, 0.2) is 0 Å². The van der Waals surface area contributed by atoms with E-state index in [1.807, 2.05) is 39.0 Å². The Morgan fingerprint density at radius 2 is 0.955 bits per heavy atom. The Balaban J connectivity index is -0.000000163. The van der Waals surface area contributed by atoms with E-state index >= 15 is 0 Å². The average Bonchev–Trinajstić information content (AvgIpc) is 3.09. The minimum Gasteiger partial charge on any atom is -0.465 e. The maximum atomic E-state index is 11.5. The van der Waals surface area contributed by atoms with Gasteiger partial charge in [-0.05, 0) is 98.2 Å². The highest BCUT2D eigenvalue weighted by Crippen LogP contribution is 2.26. The molecule has 396 valence electrons. The smallest absolute Gasteiger partial charge is 0.337 e. The third kappa shape index (κ3) is 63.3. The van der Waals surface area contributed by atoms with Gasteiger partial charge in [0.2, 0.25) is 0 Å². The molecular weight excluding hydrogens is 853 g/mol. The Bertz CT molecular complexity index is 1460. The molecule has 0 heterocycles. The van der Waals surface area contributed by atoms with Gasteiger partial charge in [0.05, 0.1) is 24.3 Å². The summed E-state index contributed by atoms with van der Waals surface area (Å²) in [6.45, 7) is 64.5. The Morgan fingerprint density at radius 1 is 0.642 bits per heavy atom. The summed E-state index contributed by atoms with van der Waals surface area (Å²) >= 11 is 5.49. The van der Waals surface area contributed by atoms with E-state index in [0.29, 0.717) is 39.1 Å². The predicted octanol–water partition coefficient (Wildman–Crippen LogP) is 20.9. The van der Waals surface area contributed by atoms with E-state index < -0.39 is 0 Å². The van der Waals surface area contributed by atoms with Crippen molar-refractivity contribution in [3.05, 3.63) is 88.0 Å².